The number of carbonyl (C=O) groups is 1. The van der Waals surface area contributed by atoms with Crippen molar-refractivity contribution in [2.24, 2.45) is 0 Å². The van der Waals surface area contributed by atoms with Crippen LogP contribution in [-0.2, 0) is 11.3 Å². The van der Waals surface area contributed by atoms with Crippen molar-refractivity contribution in [2.75, 3.05) is 13.1 Å². The predicted molar refractivity (Wildman–Crippen MR) is 78.3 cm³/mol. The molecule has 0 radical (unpaired) electrons. The number of hydrogen-bond acceptors (Lipinski definition) is 3. The number of amides is 1. The minimum atomic E-state index is 0. The third-order valence-electron chi connectivity index (χ3n) is 3.23. The zero-order valence-electron chi connectivity index (χ0n) is 10.7. The molecule has 1 aromatic rings. The van der Waals surface area contributed by atoms with E-state index < -0.39 is 0 Å². The molecular formula is C13H21ClN2OS. The summed E-state index contributed by atoms with van der Waals surface area (Å²) in [5, 5.41) is 5.39. The van der Waals surface area contributed by atoms with Crippen LogP contribution in [0.3, 0.4) is 0 Å². The fourth-order valence-corrected chi connectivity index (χ4v) is 2.94. The normalized spacial score (nSPS) is 19.1. The van der Waals surface area contributed by atoms with E-state index in [9.17, 15) is 4.79 Å². The van der Waals surface area contributed by atoms with Crippen molar-refractivity contribution in [3.63, 3.8) is 0 Å². The molecule has 1 atom stereocenters. The molecule has 1 saturated heterocycles. The Kier molecular flexibility index (Phi) is 6.68. The largest absolute Gasteiger partial charge is 0.336 e. The van der Waals surface area contributed by atoms with Crippen LogP contribution < -0.4 is 5.32 Å². The van der Waals surface area contributed by atoms with Gasteiger partial charge in [-0.1, -0.05) is 12.5 Å². The van der Waals surface area contributed by atoms with Crippen molar-refractivity contribution < 1.29 is 4.79 Å². The summed E-state index contributed by atoms with van der Waals surface area (Å²) in [7, 11) is 0. The van der Waals surface area contributed by atoms with Gasteiger partial charge in [0.2, 0.25) is 5.91 Å². The predicted octanol–water partition coefficient (Wildman–Crippen LogP) is 2.66. The maximum atomic E-state index is 12.3. The summed E-state index contributed by atoms with van der Waals surface area (Å²) in [5.41, 5.74) is 0. The molecule has 1 fully saturated rings. The van der Waals surface area contributed by atoms with Gasteiger partial charge in [-0.2, -0.15) is 0 Å². The number of halogens is 1. The van der Waals surface area contributed by atoms with Crippen LogP contribution in [-0.4, -0.2) is 29.9 Å². The molecule has 0 bridgehead atoms. The molecule has 1 amide bonds. The van der Waals surface area contributed by atoms with Crippen molar-refractivity contribution in [1.82, 2.24) is 10.2 Å². The summed E-state index contributed by atoms with van der Waals surface area (Å²) in [4.78, 5) is 15.5. The molecule has 0 aliphatic carbocycles. The average molecular weight is 289 g/mol. The molecule has 102 valence electrons. The molecule has 1 N–H and O–H groups in total. The first-order valence-corrected chi connectivity index (χ1v) is 7.23. The fourth-order valence-electron chi connectivity index (χ4n) is 2.22. The SMILES string of the molecule is CCN(Cc1cccs1)C(=O)[C@H]1CCCCN1.Cl. The Bertz CT molecular complexity index is 350. The molecule has 0 spiro atoms. The zero-order valence-corrected chi connectivity index (χ0v) is 12.4. The molecule has 2 rings (SSSR count). The third-order valence-corrected chi connectivity index (χ3v) is 4.09. The van der Waals surface area contributed by atoms with E-state index in [0.29, 0.717) is 0 Å². The zero-order chi connectivity index (χ0) is 12.1. The first-order chi connectivity index (χ1) is 8.31. The summed E-state index contributed by atoms with van der Waals surface area (Å²) in [6.45, 7) is 4.57. The number of carbonyl (C=O) groups excluding carboxylic acids is 1. The van der Waals surface area contributed by atoms with Gasteiger partial charge in [-0.25, -0.2) is 0 Å². The molecular weight excluding hydrogens is 268 g/mol. The van der Waals surface area contributed by atoms with Gasteiger partial charge in [-0.3, -0.25) is 4.79 Å². The van der Waals surface area contributed by atoms with Gasteiger partial charge >= 0.3 is 0 Å². The second-order valence-electron chi connectivity index (χ2n) is 4.43. The van der Waals surface area contributed by atoms with E-state index in [4.69, 9.17) is 0 Å². The van der Waals surface area contributed by atoms with Crippen molar-refractivity contribution in [1.29, 1.82) is 0 Å². The highest BCUT2D eigenvalue weighted by atomic mass is 35.5. The van der Waals surface area contributed by atoms with Gasteiger partial charge in [-0.05, 0) is 37.8 Å². The van der Waals surface area contributed by atoms with Crippen LogP contribution in [0.2, 0.25) is 0 Å². The number of thiophene rings is 1. The first kappa shape index (κ1) is 15.5. The van der Waals surface area contributed by atoms with Crippen molar-refractivity contribution in [2.45, 2.75) is 38.8 Å². The second-order valence-corrected chi connectivity index (χ2v) is 5.47. The molecule has 0 aromatic carbocycles. The lowest BCUT2D eigenvalue weighted by Crippen LogP contribution is -2.48. The minimum Gasteiger partial charge on any atom is -0.336 e. The lowest BCUT2D eigenvalue weighted by atomic mass is 10.0. The summed E-state index contributed by atoms with van der Waals surface area (Å²) in [6.07, 6.45) is 3.35. The summed E-state index contributed by atoms with van der Waals surface area (Å²) >= 11 is 1.72. The van der Waals surface area contributed by atoms with E-state index in [1.165, 1.54) is 17.7 Å². The molecule has 1 aromatic heterocycles. The quantitative estimate of drug-likeness (QED) is 0.924. The highest BCUT2D eigenvalue weighted by Gasteiger charge is 2.24. The van der Waals surface area contributed by atoms with Gasteiger partial charge in [0.05, 0.1) is 12.6 Å². The summed E-state index contributed by atoms with van der Waals surface area (Å²) in [6, 6.07) is 4.18. The third kappa shape index (κ3) is 3.97. The molecule has 5 heteroatoms. The van der Waals surface area contributed by atoms with Crippen LogP contribution in [0.5, 0.6) is 0 Å². The van der Waals surface area contributed by atoms with E-state index in [0.717, 1.165) is 26.1 Å². The number of rotatable bonds is 4. The Hall–Kier alpha value is -0.580. The molecule has 1 aliphatic heterocycles. The standard InChI is InChI=1S/C13H20N2OS.ClH/c1-2-15(10-11-6-5-9-17-11)13(16)12-7-3-4-8-14-12;/h5-6,9,12,14H,2-4,7-8,10H2,1H3;1H/t12-;/m1./s1. The monoisotopic (exact) mass is 288 g/mol. The van der Waals surface area contributed by atoms with E-state index in [1.54, 1.807) is 11.3 Å². The molecule has 0 saturated carbocycles. The minimum absolute atomic E-state index is 0. The topological polar surface area (TPSA) is 32.3 Å². The highest BCUT2D eigenvalue weighted by Crippen LogP contribution is 2.15. The lowest BCUT2D eigenvalue weighted by molar-refractivity contribution is -0.134. The number of piperidine rings is 1. The van der Waals surface area contributed by atoms with E-state index in [1.807, 2.05) is 17.9 Å². The van der Waals surface area contributed by atoms with Gasteiger partial charge in [0.15, 0.2) is 0 Å². The highest BCUT2D eigenvalue weighted by molar-refractivity contribution is 7.09. The maximum absolute atomic E-state index is 12.3. The van der Waals surface area contributed by atoms with Crippen molar-refractivity contribution in [3.05, 3.63) is 22.4 Å². The van der Waals surface area contributed by atoms with Gasteiger partial charge < -0.3 is 10.2 Å². The Morgan fingerprint density at radius 1 is 1.56 bits per heavy atom. The van der Waals surface area contributed by atoms with Gasteiger partial charge in [0.25, 0.3) is 0 Å². The van der Waals surface area contributed by atoms with E-state index in [2.05, 4.69) is 16.8 Å². The van der Waals surface area contributed by atoms with E-state index in [-0.39, 0.29) is 24.4 Å². The number of nitrogens with zero attached hydrogens (tertiary/aromatic N) is 1. The molecule has 0 unspecified atom stereocenters. The van der Waals surface area contributed by atoms with Crippen molar-refractivity contribution >= 4 is 29.7 Å². The average Bonchev–Trinajstić information content (AvgIpc) is 2.89. The van der Waals surface area contributed by atoms with Crippen LogP contribution in [0.4, 0.5) is 0 Å². The lowest BCUT2D eigenvalue weighted by Gasteiger charge is -2.29. The van der Waals surface area contributed by atoms with Gasteiger partial charge in [-0.15, -0.1) is 23.7 Å². The van der Waals surface area contributed by atoms with Gasteiger partial charge in [0.1, 0.15) is 0 Å². The fraction of sp³-hybridized carbons (Fsp3) is 0.615. The Balaban J connectivity index is 0.00000162. The molecule has 18 heavy (non-hydrogen) atoms. The summed E-state index contributed by atoms with van der Waals surface area (Å²) < 4.78 is 0. The number of nitrogens with one attached hydrogen (secondary N) is 1. The van der Waals surface area contributed by atoms with Crippen LogP contribution in [0.25, 0.3) is 0 Å². The van der Waals surface area contributed by atoms with Crippen LogP contribution in [0, 0.1) is 0 Å². The van der Waals surface area contributed by atoms with Crippen LogP contribution in [0.15, 0.2) is 17.5 Å². The van der Waals surface area contributed by atoms with Gasteiger partial charge in [0, 0.05) is 11.4 Å². The van der Waals surface area contributed by atoms with Crippen molar-refractivity contribution in [3.8, 4) is 0 Å². The smallest absolute Gasteiger partial charge is 0.240 e. The van der Waals surface area contributed by atoms with Crippen LogP contribution >= 0.6 is 23.7 Å². The molecule has 1 aliphatic rings. The molecule has 3 nitrogen and oxygen atoms in total. The first-order valence-electron chi connectivity index (χ1n) is 6.36. The Morgan fingerprint density at radius 3 is 2.94 bits per heavy atom. The summed E-state index contributed by atoms with van der Waals surface area (Å²) in [5.74, 6) is 0.264. The molecule has 2 heterocycles. The van der Waals surface area contributed by atoms with Crippen LogP contribution in [0.1, 0.15) is 31.1 Å². The number of hydrogen-bond donors (Lipinski definition) is 1. The Morgan fingerprint density at radius 2 is 2.39 bits per heavy atom. The second kappa shape index (κ2) is 7.77. The Labute approximate surface area is 119 Å². The maximum Gasteiger partial charge on any atom is 0.240 e. The number of likely N-dealkylation sites (N-methyl/N-ethyl adjacent to an activating group) is 1. The van der Waals surface area contributed by atoms with E-state index >= 15 is 0 Å².